The van der Waals surface area contributed by atoms with Crippen molar-refractivity contribution in [3.8, 4) is 0 Å². The minimum atomic E-state index is 0.0969. The third kappa shape index (κ3) is 2.64. The Morgan fingerprint density at radius 2 is 2.10 bits per heavy atom. The van der Waals surface area contributed by atoms with E-state index in [9.17, 15) is 0 Å². The van der Waals surface area contributed by atoms with Gasteiger partial charge < -0.3 is 5.11 Å². The van der Waals surface area contributed by atoms with Crippen molar-refractivity contribution in [2.75, 3.05) is 13.2 Å². The van der Waals surface area contributed by atoms with Gasteiger partial charge in [0.05, 0.1) is 13.2 Å². The fraction of sp³-hybridized carbons (Fsp3) is 1.00. The van der Waals surface area contributed by atoms with Gasteiger partial charge in [-0.1, -0.05) is 12.8 Å². The minimum absolute atomic E-state index is 0.0969. The van der Waals surface area contributed by atoms with E-state index in [1.807, 2.05) is 0 Å². The van der Waals surface area contributed by atoms with E-state index in [0.29, 0.717) is 12.6 Å². The standard InChI is InChI=1S/C7H15NO2/c9-5-6-10-8-7-3-1-2-4-7/h7-9H,1-6H2. The van der Waals surface area contributed by atoms with Crippen LogP contribution in [0, 0.1) is 0 Å². The molecule has 0 spiro atoms. The highest BCUT2D eigenvalue weighted by molar-refractivity contribution is 4.69. The summed E-state index contributed by atoms with van der Waals surface area (Å²) in [6.07, 6.45) is 5.04. The van der Waals surface area contributed by atoms with Gasteiger partial charge in [0.2, 0.25) is 0 Å². The summed E-state index contributed by atoms with van der Waals surface area (Å²) in [5, 5.41) is 8.38. The highest BCUT2D eigenvalue weighted by atomic mass is 16.6. The van der Waals surface area contributed by atoms with Crippen LogP contribution in [0.3, 0.4) is 0 Å². The highest BCUT2D eigenvalue weighted by Gasteiger charge is 2.13. The lowest BCUT2D eigenvalue weighted by atomic mass is 10.3. The van der Waals surface area contributed by atoms with Crippen molar-refractivity contribution in [2.24, 2.45) is 0 Å². The molecule has 1 aliphatic rings. The summed E-state index contributed by atoms with van der Waals surface area (Å²) >= 11 is 0. The number of hydroxylamine groups is 1. The van der Waals surface area contributed by atoms with E-state index in [-0.39, 0.29) is 6.61 Å². The Hall–Kier alpha value is -0.120. The molecule has 0 bridgehead atoms. The average Bonchev–Trinajstić information content (AvgIpc) is 2.41. The summed E-state index contributed by atoms with van der Waals surface area (Å²) in [6.45, 7) is 0.496. The molecule has 0 saturated heterocycles. The van der Waals surface area contributed by atoms with E-state index >= 15 is 0 Å². The summed E-state index contributed by atoms with van der Waals surface area (Å²) < 4.78 is 0. The van der Waals surface area contributed by atoms with Crippen LogP contribution in [0.5, 0.6) is 0 Å². The summed E-state index contributed by atoms with van der Waals surface area (Å²) in [5.74, 6) is 0. The molecule has 0 aromatic carbocycles. The van der Waals surface area contributed by atoms with E-state index in [0.717, 1.165) is 0 Å². The van der Waals surface area contributed by atoms with Crippen LogP contribution < -0.4 is 5.48 Å². The molecule has 0 amide bonds. The second kappa shape index (κ2) is 4.66. The average molecular weight is 145 g/mol. The summed E-state index contributed by atoms with van der Waals surface area (Å²) in [5.41, 5.74) is 2.92. The van der Waals surface area contributed by atoms with Gasteiger partial charge in [-0.25, -0.2) is 0 Å². The Morgan fingerprint density at radius 3 is 2.70 bits per heavy atom. The molecule has 0 aliphatic heterocycles. The summed E-state index contributed by atoms with van der Waals surface area (Å²) in [4.78, 5) is 4.97. The molecular formula is C7H15NO2. The Morgan fingerprint density at radius 1 is 1.40 bits per heavy atom. The smallest absolute Gasteiger partial charge is 0.0913 e. The molecule has 2 N–H and O–H groups in total. The molecule has 1 rings (SSSR count). The Balaban J connectivity index is 1.91. The minimum Gasteiger partial charge on any atom is -0.394 e. The molecule has 1 fully saturated rings. The Labute approximate surface area is 61.3 Å². The van der Waals surface area contributed by atoms with Crippen LogP contribution in [0.4, 0.5) is 0 Å². The molecule has 0 aromatic heterocycles. The third-order valence-corrected chi connectivity index (χ3v) is 1.80. The maximum Gasteiger partial charge on any atom is 0.0913 e. The molecule has 10 heavy (non-hydrogen) atoms. The maximum absolute atomic E-state index is 8.38. The largest absolute Gasteiger partial charge is 0.394 e. The van der Waals surface area contributed by atoms with E-state index in [1.54, 1.807) is 0 Å². The number of hydrogen-bond acceptors (Lipinski definition) is 3. The fourth-order valence-electron chi connectivity index (χ4n) is 1.27. The van der Waals surface area contributed by atoms with Crippen LogP contribution in [-0.4, -0.2) is 24.4 Å². The molecule has 0 unspecified atom stereocenters. The quantitative estimate of drug-likeness (QED) is 0.445. The summed E-state index contributed by atoms with van der Waals surface area (Å²) in [7, 11) is 0. The SMILES string of the molecule is OCCONC1CCCC1. The number of nitrogens with one attached hydrogen (secondary N) is 1. The topological polar surface area (TPSA) is 41.5 Å². The second-order valence-electron chi connectivity index (χ2n) is 2.67. The van der Waals surface area contributed by atoms with Crippen molar-refractivity contribution in [1.82, 2.24) is 5.48 Å². The molecule has 0 atom stereocenters. The molecule has 60 valence electrons. The lowest BCUT2D eigenvalue weighted by Crippen LogP contribution is -2.27. The van der Waals surface area contributed by atoms with Gasteiger partial charge >= 0.3 is 0 Å². The van der Waals surface area contributed by atoms with E-state index < -0.39 is 0 Å². The molecule has 0 radical (unpaired) electrons. The molecule has 0 heterocycles. The van der Waals surface area contributed by atoms with Gasteiger partial charge in [-0.2, -0.15) is 5.48 Å². The first-order valence-electron chi connectivity index (χ1n) is 3.91. The number of hydrogen-bond donors (Lipinski definition) is 2. The van der Waals surface area contributed by atoms with Crippen LogP contribution >= 0.6 is 0 Å². The van der Waals surface area contributed by atoms with Crippen molar-refractivity contribution in [2.45, 2.75) is 31.7 Å². The lowest BCUT2D eigenvalue weighted by molar-refractivity contribution is -0.00201. The monoisotopic (exact) mass is 145 g/mol. The van der Waals surface area contributed by atoms with Crippen molar-refractivity contribution in [1.29, 1.82) is 0 Å². The van der Waals surface area contributed by atoms with Crippen LogP contribution in [0.15, 0.2) is 0 Å². The zero-order chi connectivity index (χ0) is 7.23. The zero-order valence-corrected chi connectivity index (χ0v) is 6.18. The summed E-state index contributed by atoms with van der Waals surface area (Å²) in [6, 6.07) is 0.534. The predicted octanol–water partition coefficient (Wildman–Crippen LogP) is 0.442. The van der Waals surface area contributed by atoms with E-state index in [2.05, 4.69) is 5.48 Å². The lowest BCUT2D eigenvalue weighted by Gasteiger charge is -2.09. The van der Waals surface area contributed by atoms with Gasteiger partial charge in [-0.3, -0.25) is 4.84 Å². The van der Waals surface area contributed by atoms with E-state index in [1.165, 1.54) is 25.7 Å². The fourth-order valence-corrected chi connectivity index (χ4v) is 1.27. The first-order chi connectivity index (χ1) is 4.93. The molecule has 3 heteroatoms. The van der Waals surface area contributed by atoms with Gasteiger partial charge in [-0.15, -0.1) is 0 Å². The molecule has 1 aliphatic carbocycles. The van der Waals surface area contributed by atoms with Gasteiger partial charge in [0.1, 0.15) is 0 Å². The van der Waals surface area contributed by atoms with Gasteiger partial charge in [0.25, 0.3) is 0 Å². The Bertz CT molecular complexity index is 81.7. The molecule has 3 nitrogen and oxygen atoms in total. The van der Waals surface area contributed by atoms with Crippen LogP contribution in [0.1, 0.15) is 25.7 Å². The molecular weight excluding hydrogens is 130 g/mol. The second-order valence-corrected chi connectivity index (χ2v) is 2.67. The van der Waals surface area contributed by atoms with Crippen LogP contribution in [0.25, 0.3) is 0 Å². The normalized spacial score (nSPS) is 20.1. The van der Waals surface area contributed by atoms with Crippen molar-refractivity contribution in [3.05, 3.63) is 0 Å². The number of rotatable bonds is 4. The van der Waals surface area contributed by atoms with Gasteiger partial charge in [0, 0.05) is 6.04 Å². The highest BCUT2D eigenvalue weighted by Crippen LogP contribution is 2.17. The first-order valence-corrected chi connectivity index (χ1v) is 3.91. The Kier molecular flexibility index (Phi) is 3.72. The van der Waals surface area contributed by atoms with Crippen LogP contribution in [0.2, 0.25) is 0 Å². The van der Waals surface area contributed by atoms with Crippen molar-refractivity contribution in [3.63, 3.8) is 0 Å². The number of aliphatic hydroxyl groups is 1. The zero-order valence-electron chi connectivity index (χ0n) is 6.18. The van der Waals surface area contributed by atoms with Crippen LogP contribution in [-0.2, 0) is 4.84 Å². The third-order valence-electron chi connectivity index (χ3n) is 1.80. The van der Waals surface area contributed by atoms with Gasteiger partial charge in [-0.05, 0) is 12.8 Å². The number of aliphatic hydroxyl groups excluding tert-OH is 1. The maximum atomic E-state index is 8.38. The molecule has 1 saturated carbocycles. The van der Waals surface area contributed by atoms with Crippen molar-refractivity contribution >= 4 is 0 Å². The van der Waals surface area contributed by atoms with Gasteiger partial charge in [0.15, 0.2) is 0 Å². The van der Waals surface area contributed by atoms with Crippen molar-refractivity contribution < 1.29 is 9.94 Å². The van der Waals surface area contributed by atoms with E-state index in [4.69, 9.17) is 9.94 Å². The predicted molar refractivity (Wildman–Crippen MR) is 38.4 cm³/mol. The molecule has 0 aromatic rings. The first kappa shape index (κ1) is 7.98.